The number of phenolic OH excluding ortho intramolecular Hbond substituents is 1. The number of aliphatic carboxylic acids is 1. The van der Waals surface area contributed by atoms with Gasteiger partial charge in [0, 0.05) is 69.7 Å². The summed E-state index contributed by atoms with van der Waals surface area (Å²) in [5.41, 5.74) is 18.3. The third-order valence-electron chi connectivity index (χ3n) is 18.1. The van der Waals surface area contributed by atoms with Crippen molar-refractivity contribution in [3.63, 3.8) is 0 Å². The summed E-state index contributed by atoms with van der Waals surface area (Å²) in [6.07, 6.45) is -5.68. The molecule has 0 unspecified atom stereocenters. The molecule has 1 saturated heterocycles. The number of aldehydes is 1. The van der Waals surface area contributed by atoms with Crippen molar-refractivity contribution in [1.82, 2.24) is 68.4 Å². The number of amides is 13. The summed E-state index contributed by atoms with van der Waals surface area (Å²) in [4.78, 5) is 192. The van der Waals surface area contributed by atoms with E-state index in [9.17, 15) is 77.3 Å². The molecule has 1 fully saturated rings. The zero-order chi connectivity index (χ0) is 85.2. The number of primary amides is 2. The molecule has 0 aliphatic carbocycles. The van der Waals surface area contributed by atoms with Gasteiger partial charge in [-0.15, -0.1) is 0 Å². The Balaban J connectivity index is 0.00000166. The van der Waals surface area contributed by atoms with Crippen LogP contribution in [0.25, 0.3) is 10.8 Å². The molecule has 1 aliphatic rings. The standard InChI is InChI=1S/C70H92ClN17O14.C6H10O7/c1-39(2)31-52(61(94)82-51(15-9-28-77-69(73)74)68(101)88-30-10-16-58(88)67(100)79-40(3)59(72)92)83-60(93)50(14-8-29-78-70(75)102)81-63(96)54(34-43-20-25-49(91)26-21-43)86-66(99)57(38-89)87-65(98)56(36-45-11-7-27-76-37-45)85-64(97)55(33-42-18-23-48(71)24-19-42)84-62(95)53(80-41(4)90)35-44-17-22-46-12-5-6-13-47(46)32-44;7-1-2(8)3(9)4(10)5(11)6(12)13/h5-7,11-13,17-27,32,37,39-40,50-58,89,91H,8-10,14-16,28-31,33-36,38H2,1-4H3,(H2,72,92)(H,79,100)(H,80,90)(H,81,96)(H,82,94)(H,83,93)(H,84,95)(H,85,97)(H,86,99)(H,87,98)(H4,73,74,77)(H3,75,78,102);1-5,8-11H,(H,12,13)/t40-,50-,51+,52+,53-,54+,55-,56-,57+,58+;2-,3+,4-,5-/m10/s1. The van der Waals surface area contributed by atoms with Crippen LogP contribution in [0.5, 0.6) is 5.75 Å². The number of aliphatic hydroxyl groups is 5. The van der Waals surface area contributed by atoms with E-state index in [-0.39, 0.29) is 108 Å². The lowest BCUT2D eigenvalue weighted by molar-refractivity contribution is -0.163. The quantitative estimate of drug-likeness (QED) is 0.00770. The number of hydrogen-bond donors (Lipinski definition) is 22. The number of nitrogens with two attached hydrogens (primary N) is 3. The number of guanidine groups is 1. The van der Waals surface area contributed by atoms with E-state index in [1.165, 1.54) is 55.4 Å². The van der Waals surface area contributed by atoms with Crippen molar-refractivity contribution in [2.45, 2.75) is 183 Å². The Kier molecular flexibility index (Phi) is 38.2. The van der Waals surface area contributed by atoms with Gasteiger partial charge in [0.25, 0.3) is 0 Å². The molecular formula is C76H102ClN17O21. The van der Waals surface area contributed by atoms with Gasteiger partial charge in [-0.25, -0.2) is 9.59 Å². The first-order valence-corrected chi connectivity index (χ1v) is 37.2. The fourth-order valence-corrected chi connectivity index (χ4v) is 12.2. The van der Waals surface area contributed by atoms with Gasteiger partial charge >= 0.3 is 12.0 Å². The number of carbonyl (C=O) groups is 14. The summed E-state index contributed by atoms with van der Waals surface area (Å²) in [5.74, 6) is -11.7. The molecular weight excluding hydrogens is 1520 g/mol. The Labute approximate surface area is 666 Å². The molecule has 13 amide bonds. The number of carbonyl (C=O) groups excluding carboxylic acids is 13. The minimum atomic E-state index is -2.25. The second-order valence-electron chi connectivity index (χ2n) is 27.8. The molecule has 0 saturated carbocycles. The Bertz CT molecular complexity index is 4170. The van der Waals surface area contributed by atoms with Gasteiger partial charge in [-0.3, -0.25) is 63.1 Å². The van der Waals surface area contributed by atoms with Crippen molar-refractivity contribution < 1.29 is 103 Å². The van der Waals surface area contributed by atoms with Gasteiger partial charge in [-0.1, -0.05) is 98.2 Å². The van der Waals surface area contributed by atoms with Crippen LogP contribution in [0.1, 0.15) is 94.9 Å². The second kappa shape index (κ2) is 46.9. The number of benzene rings is 4. The lowest BCUT2D eigenvalue weighted by atomic mass is 9.99. The molecule has 0 radical (unpaired) electrons. The maximum Gasteiger partial charge on any atom is 0.335 e. The van der Waals surface area contributed by atoms with Gasteiger partial charge in [0.1, 0.15) is 84.5 Å². The Morgan fingerprint density at radius 1 is 0.574 bits per heavy atom. The molecule has 14 atom stereocenters. The molecule has 4 aromatic carbocycles. The number of aromatic hydroxyl groups is 1. The Morgan fingerprint density at radius 2 is 1.05 bits per heavy atom. The number of aliphatic hydroxyl groups excluding tert-OH is 5. The van der Waals surface area contributed by atoms with E-state index in [0.717, 1.165) is 10.8 Å². The fourth-order valence-electron chi connectivity index (χ4n) is 12.0. The molecule has 39 heteroatoms. The highest BCUT2D eigenvalue weighted by Gasteiger charge is 2.41. The van der Waals surface area contributed by atoms with Crippen LogP contribution in [-0.2, 0) is 88.0 Å². The monoisotopic (exact) mass is 1620 g/mol. The van der Waals surface area contributed by atoms with Crippen LogP contribution in [0.3, 0.4) is 0 Å². The molecule has 2 heterocycles. The van der Waals surface area contributed by atoms with Gasteiger partial charge in [0.05, 0.1) is 6.61 Å². The second-order valence-corrected chi connectivity index (χ2v) is 28.2. The lowest BCUT2D eigenvalue weighted by Gasteiger charge is -2.31. The largest absolute Gasteiger partial charge is 0.508 e. The number of carboxylic acid groups (broad SMARTS) is 1. The molecule has 1 aromatic heterocycles. The molecule has 5 aromatic rings. The number of fused-ring (bicyclic) bond motifs is 1. The highest BCUT2D eigenvalue weighted by molar-refractivity contribution is 6.30. The van der Waals surface area contributed by atoms with E-state index >= 15 is 0 Å². The SMILES string of the molecule is CC(=O)N[C@H](Cc1ccc2ccccc2c1)C(=O)N[C@H](Cc1ccc(Cl)cc1)C(=O)N[C@H](Cc1cccnc1)C(=O)N[C@@H](CO)C(=O)N[C@@H](Cc1ccc(O)cc1)C(=O)N[C@H](CCCNC(N)=O)C(=O)N[C@@H](CC(C)C)C(=O)N[C@@H](CCCNC(=N)N)C(=O)N1CCC[C@H]1C(=O)N[C@H](C)C(N)=O.O=C[C@H](O)[C@@H](O)[C@H](O)[C@H](O)C(=O)O. The number of nitrogens with zero attached hydrogens (tertiary/aromatic N) is 2. The number of halogens is 1. The van der Waals surface area contributed by atoms with Gasteiger partial charge in [0.15, 0.2) is 18.3 Å². The number of likely N-dealkylation sites (tertiary alicyclic amines) is 1. The van der Waals surface area contributed by atoms with E-state index in [4.69, 9.17) is 59.7 Å². The summed E-state index contributed by atoms with van der Waals surface area (Å²) in [6, 6.07) is 13.4. The molecule has 115 heavy (non-hydrogen) atoms. The van der Waals surface area contributed by atoms with E-state index in [0.29, 0.717) is 33.7 Å². The van der Waals surface area contributed by atoms with Crippen molar-refractivity contribution in [1.29, 1.82) is 5.41 Å². The number of pyridine rings is 1. The minimum absolute atomic E-state index is 0.00169. The van der Waals surface area contributed by atoms with Crippen LogP contribution < -0.4 is 75.7 Å². The van der Waals surface area contributed by atoms with Crippen LogP contribution in [0.2, 0.25) is 5.02 Å². The zero-order valence-electron chi connectivity index (χ0n) is 63.7. The number of phenols is 1. The van der Waals surface area contributed by atoms with Crippen LogP contribution in [0.15, 0.2) is 116 Å². The fraction of sp³-hybridized carbons (Fsp3) is 0.447. The summed E-state index contributed by atoms with van der Waals surface area (Å²) in [7, 11) is 0. The first-order valence-electron chi connectivity index (χ1n) is 36.8. The maximum atomic E-state index is 14.9. The van der Waals surface area contributed by atoms with Gasteiger partial charge in [0.2, 0.25) is 65.0 Å². The van der Waals surface area contributed by atoms with E-state index in [1.54, 1.807) is 50.2 Å². The van der Waals surface area contributed by atoms with Crippen LogP contribution in [0, 0.1) is 11.3 Å². The molecule has 6 rings (SSSR count). The number of carboxylic acids is 1. The molecule has 38 nitrogen and oxygen atoms in total. The van der Waals surface area contributed by atoms with Crippen molar-refractivity contribution in [3.8, 4) is 5.75 Å². The number of urea groups is 1. The van der Waals surface area contributed by atoms with Crippen molar-refractivity contribution in [2.75, 3.05) is 26.2 Å². The zero-order valence-corrected chi connectivity index (χ0v) is 64.4. The molecule has 0 bridgehead atoms. The normalized spacial score (nSPS) is 15.7. The van der Waals surface area contributed by atoms with E-state index in [2.05, 4.69) is 63.5 Å². The van der Waals surface area contributed by atoms with Gasteiger partial charge in [-0.2, -0.15) is 0 Å². The minimum Gasteiger partial charge on any atom is -0.508 e. The first kappa shape index (κ1) is 93.6. The summed E-state index contributed by atoms with van der Waals surface area (Å²) in [6.45, 7) is 5.20. The highest BCUT2D eigenvalue weighted by atomic mass is 35.5. The van der Waals surface area contributed by atoms with E-state index in [1.807, 2.05) is 42.5 Å². The van der Waals surface area contributed by atoms with Gasteiger partial charge < -0.3 is 121 Å². The van der Waals surface area contributed by atoms with E-state index < -0.39 is 168 Å². The number of rotatable bonds is 43. The van der Waals surface area contributed by atoms with Crippen molar-refractivity contribution in [3.05, 3.63) is 143 Å². The maximum absolute atomic E-state index is 14.9. The van der Waals surface area contributed by atoms with Crippen LogP contribution >= 0.6 is 11.6 Å². The summed E-state index contributed by atoms with van der Waals surface area (Å²) >= 11 is 6.23. The molecule has 1 aliphatic heterocycles. The molecule has 25 N–H and O–H groups in total. The predicted molar refractivity (Wildman–Crippen MR) is 415 cm³/mol. The van der Waals surface area contributed by atoms with Crippen molar-refractivity contribution >= 4 is 112 Å². The topological polar surface area (TPSA) is 631 Å². The first-order chi connectivity index (χ1) is 54.5. The third-order valence-corrected chi connectivity index (χ3v) is 18.4. The smallest absolute Gasteiger partial charge is 0.335 e. The lowest BCUT2D eigenvalue weighted by Crippen LogP contribution is -2.61. The van der Waals surface area contributed by atoms with Gasteiger partial charge in [-0.05, 0) is 121 Å². The average Bonchev–Trinajstić information content (AvgIpc) is 1.77. The summed E-state index contributed by atoms with van der Waals surface area (Å²) < 4.78 is 0. The van der Waals surface area contributed by atoms with Crippen LogP contribution in [0.4, 0.5) is 4.79 Å². The number of hydrogen-bond acceptors (Lipinski definition) is 22. The number of nitrogens with one attached hydrogen (secondary N) is 12. The Hall–Kier alpha value is -12.0. The highest BCUT2D eigenvalue weighted by Crippen LogP contribution is 2.23. The molecule has 0 spiro atoms. The van der Waals surface area contributed by atoms with Crippen LogP contribution in [-0.4, -0.2) is 246 Å². The van der Waals surface area contributed by atoms with Crippen molar-refractivity contribution in [2.24, 2.45) is 23.1 Å². The summed E-state index contributed by atoms with van der Waals surface area (Å²) in [5, 5.41) is 103. The third kappa shape index (κ3) is 31.5. The Morgan fingerprint density at radius 3 is 1.57 bits per heavy atom. The predicted octanol–water partition coefficient (Wildman–Crippen LogP) is -3.79. The average molecular weight is 1630 g/mol. The molecule has 624 valence electrons. The number of aromatic nitrogens is 1.